The van der Waals surface area contributed by atoms with Crippen molar-refractivity contribution in [2.45, 2.75) is 241 Å². The number of rotatable bonds is 13. The minimum atomic E-state index is -1.99. The highest BCUT2D eigenvalue weighted by Crippen LogP contribution is 2.76. The summed E-state index contributed by atoms with van der Waals surface area (Å²) < 4.78 is 54.7. The minimum absolute atomic E-state index is 0.0426. The zero-order valence-corrected chi connectivity index (χ0v) is 46.9. The van der Waals surface area contributed by atoms with Gasteiger partial charge in [-0.1, -0.05) is 60.1 Å². The first-order valence-electron chi connectivity index (χ1n) is 28.4. The number of aliphatic hydroxyl groups excluding tert-OH is 15. The Kier molecular flexibility index (Phi) is 17.9. The Morgan fingerprint density at radius 3 is 1.77 bits per heavy atom. The molecule has 0 aromatic carbocycles. The molecule has 9 aliphatic rings. The van der Waals surface area contributed by atoms with Crippen LogP contribution in [0.25, 0.3) is 0 Å². The predicted octanol–water partition coefficient (Wildman–Crippen LogP) is -3.44. The zero-order chi connectivity index (χ0) is 58.7. The molecule has 0 aromatic heterocycles. The molecule has 0 radical (unpaired) electrons. The molecule has 0 amide bonds. The Bertz CT molecular complexity index is 2200. The van der Waals surface area contributed by atoms with Gasteiger partial charge in [-0.3, -0.25) is 4.79 Å². The largest absolute Gasteiger partial charge is 0.465 e. The lowest BCUT2D eigenvalue weighted by Crippen LogP contribution is -2.72. The van der Waals surface area contributed by atoms with E-state index in [1.807, 2.05) is 13.8 Å². The number of carbonyl (C=O) groups is 1. The van der Waals surface area contributed by atoms with Crippen molar-refractivity contribution >= 4 is 5.97 Å². The zero-order valence-electron chi connectivity index (χ0n) is 46.9. The van der Waals surface area contributed by atoms with Crippen LogP contribution in [0.1, 0.15) is 100 Å². The van der Waals surface area contributed by atoms with Crippen LogP contribution < -0.4 is 0 Å². The van der Waals surface area contributed by atoms with Crippen molar-refractivity contribution in [3.05, 3.63) is 11.6 Å². The summed E-state index contributed by atoms with van der Waals surface area (Å²) in [5.74, 6) is -0.969. The molecule has 0 spiro atoms. The third kappa shape index (κ3) is 10.2. The SMILES string of the molecule is CC(=O)OCC12C(O)CC3(C)C(=CCC4C5(C)CCC(OC6OC(COC7OCC(O)C(O)C7O)C(OC7OC(CO)C(O)C(O)C7O)C(O)C6OC6OC(CO)C(O)C(O)C6O)C(C)(C)C5CCC43C)C1CC(C)(C)C(O)C2O. The summed E-state index contributed by atoms with van der Waals surface area (Å²) in [5, 5.41) is 166. The van der Waals surface area contributed by atoms with Crippen molar-refractivity contribution in [2.24, 2.45) is 50.2 Å². The number of fused-ring (bicyclic) bond motifs is 7. The van der Waals surface area contributed by atoms with Crippen LogP contribution in [0.15, 0.2) is 11.6 Å². The molecular formula is C55H90O25. The normalized spacial score (nSPS) is 53.8. The van der Waals surface area contributed by atoms with Crippen LogP contribution >= 0.6 is 0 Å². The average molecular weight is 1150 g/mol. The van der Waals surface area contributed by atoms with E-state index in [2.05, 4.69) is 40.7 Å². The Morgan fingerprint density at radius 2 is 1.19 bits per heavy atom. The molecule has 0 aromatic rings. The van der Waals surface area contributed by atoms with Crippen LogP contribution in [0.5, 0.6) is 0 Å². The van der Waals surface area contributed by atoms with Crippen molar-refractivity contribution in [2.75, 3.05) is 33.0 Å². The van der Waals surface area contributed by atoms with E-state index in [9.17, 15) is 81.4 Å². The van der Waals surface area contributed by atoms with Gasteiger partial charge in [0.05, 0.1) is 56.3 Å². The van der Waals surface area contributed by atoms with Crippen LogP contribution in [-0.2, 0) is 47.4 Å². The molecule has 4 heterocycles. The van der Waals surface area contributed by atoms with E-state index >= 15 is 0 Å². The first kappa shape index (κ1) is 62.8. The Hall–Kier alpha value is -1.71. The van der Waals surface area contributed by atoms with Crippen molar-refractivity contribution in [3.63, 3.8) is 0 Å². The molecule has 15 N–H and O–H groups in total. The summed E-state index contributed by atoms with van der Waals surface area (Å²) in [4.78, 5) is 12.3. The van der Waals surface area contributed by atoms with Crippen molar-refractivity contribution in [1.29, 1.82) is 0 Å². The third-order valence-electron chi connectivity index (χ3n) is 21.7. The quantitative estimate of drug-likeness (QED) is 0.0485. The summed E-state index contributed by atoms with van der Waals surface area (Å²) in [7, 11) is 0. The van der Waals surface area contributed by atoms with E-state index < -0.39 is 207 Å². The molecule has 0 bridgehead atoms. The molecule has 460 valence electrons. The molecule has 25 heteroatoms. The van der Waals surface area contributed by atoms with Crippen LogP contribution in [0.3, 0.4) is 0 Å². The van der Waals surface area contributed by atoms with Gasteiger partial charge in [0.15, 0.2) is 25.2 Å². The maximum Gasteiger partial charge on any atom is 0.302 e. The highest BCUT2D eigenvalue weighted by molar-refractivity contribution is 5.66. The summed E-state index contributed by atoms with van der Waals surface area (Å²) in [6.07, 6.45) is -31.6. The number of hydrogen-bond donors (Lipinski definition) is 15. The first-order valence-corrected chi connectivity index (χ1v) is 28.4. The van der Waals surface area contributed by atoms with E-state index in [4.69, 9.17) is 42.6 Å². The Balaban J connectivity index is 1.04. The summed E-state index contributed by atoms with van der Waals surface area (Å²) >= 11 is 0. The van der Waals surface area contributed by atoms with Gasteiger partial charge in [0.1, 0.15) is 98.2 Å². The molecule has 8 fully saturated rings. The molecule has 4 saturated heterocycles. The number of hydrogen-bond acceptors (Lipinski definition) is 25. The van der Waals surface area contributed by atoms with Gasteiger partial charge >= 0.3 is 5.97 Å². The maximum atomic E-state index is 12.6. The fourth-order valence-corrected chi connectivity index (χ4v) is 16.7. The van der Waals surface area contributed by atoms with Crippen molar-refractivity contribution < 1.29 is 124 Å². The first-order chi connectivity index (χ1) is 37.4. The van der Waals surface area contributed by atoms with Gasteiger partial charge in [0, 0.05) is 6.92 Å². The van der Waals surface area contributed by atoms with Gasteiger partial charge in [0.25, 0.3) is 0 Å². The average Bonchev–Trinajstić information content (AvgIpc) is 3.59. The smallest absolute Gasteiger partial charge is 0.302 e. The topological polar surface area (TPSA) is 404 Å². The summed E-state index contributed by atoms with van der Waals surface area (Å²) in [6, 6.07) is 0. The molecule has 30 unspecified atom stereocenters. The number of aliphatic hydroxyl groups is 15. The van der Waals surface area contributed by atoms with E-state index in [0.29, 0.717) is 38.5 Å². The highest BCUT2D eigenvalue weighted by atomic mass is 16.8. The van der Waals surface area contributed by atoms with Crippen LogP contribution in [0.4, 0.5) is 0 Å². The van der Waals surface area contributed by atoms with E-state index in [0.717, 1.165) is 5.57 Å². The number of allylic oxidation sites excluding steroid dienone is 2. The monoisotopic (exact) mass is 1150 g/mol. The van der Waals surface area contributed by atoms with Crippen LogP contribution in [-0.4, -0.2) is 257 Å². The number of ether oxygens (including phenoxy) is 9. The lowest BCUT2D eigenvalue weighted by Gasteiger charge is -2.72. The molecule has 80 heavy (non-hydrogen) atoms. The lowest BCUT2D eigenvalue weighted by atomic mass is 9.33. The maximum absolute atomic E-state index is 12.6. The van der Waals surface area contributed by atoms with Crippen LogP contribution in [0, 0.1) is 50.2 Å². The molecule has 4 saturated carbocycles. The van der Waals surface area contributed by atoms with Gasteiger partial charge in [-0.2, -0.15) is 0 Å². The van der Waals surface area contributed by atoms with Gasteiger partial charge < -0.3 is 119 Å². The summed E-state index contributed by atoms with van der Waals surface area (Å²) in [5.41, 5.74) is -3.05. The Labute approximate surface area is 465 Å². The fraction of sp³-hybridized carbons (Fsp3) is 0.945. The van der Waals surface area contributed by atoms with Crippen LogP contribution in [0.2, 0.25) is 0 Å². The van der Waals surface area contributed by atoms with E-state index in [-0.39, 0.29) is 30.3 Å². The second-order valence-corrected chi connectivity index (χ2v) is 26.7. The van der Waals surface area contributed by atoms with Gasteiger partial charge in [-0.25, -0.2) is 0 Å². The highest BCUT2D eigenvalue weighted by Gasteiger charge is 2.73. The molecule has 25 nitrogen and oxygen atoms in total. The summed E-state index contributed by atoms with van der Waals surface area (Å²) in [6.45, 7) is 13.1. The number of carbonyl (C=O) groups excluding carboxylic acids is 1. The van der Waals surface area contributed by atoms with E-state index in [1.165, 1.54) is 6.92 Å². The molecular weight excluding hydrogens is 1060 g/mol. The Morgan fingerprint density at radius 1 is 0.613 bits per heavy atom. The predicted molar refractivity (Wildman–Crippen MR) is 270 cm³/mol. The number of esters is 1. The standard InChI is InChI=1S/C55H90O25/c1-22(58)74-21-55-24(15-50(2,3)44(70)45(55)71)23-9-10-30-52(6)13-12-32(51(4,5)29(52)11-14-53(30,7)54(23,8)16-31(55)60)78-49-43(80-48-40(68)37(65)35(63)27(18-57)76-48)41(69)42(79-47-39(67)36(64)34(62)26(17-56)75-47)28(77-49)20-73-46-38(66)33(61)25(59)19-72-46/h9,24-49,56-57,59-71H,10-21H2,1-8H3. The second-order valence-electron chi connectivity index (χ2n) is 26.7. The molecule has 4 aliphatic heterocycles. The second kappa shape index (κ2) is 22.9. The lowest BCUT2D eigenvalue weighted by molar-refractivity contribution is -0.398. The van der Waals surface area contributed by atoms with Gasteiger partial charge in [0.2, 0.25) is 0 Å². The van der Waals surface area contributed by atoms with Crippen molar-refractivity contribution in [1.82, 2.24) is 0 Å². The van der Waals surface area contributed by atoms with Gasteiger partial charge in [-0.15, -0.1) is 0 Å². The van der Waals surface area contributed by atoms with Gasteiger partial charge in [-0.05, 0) is 89.8 Å². The third-order valence-corrected chi connectivity index (χ3v) is 21.7. The molecule has 5 aliphatic carbocycles. The molecule has 30 atom stereocenters. The van der Waals surface area contributed by atoms with E-state index in [1.54, 1.807) is 0 Å². The molecule has 9 rings (SSSR count). The fourth-order valence-electron chi connectivity index (χ4n) is 16.7. The van der Waals surface area contributed by atoms with Crippen molar-refractivity contribution in [3.8, 4) is 0 Å². The minimum Gasteiger partial charge on any atom is -0.465 e.